The molecule has 3 N–H and O–H groups in total. The Morgan fingerprint density at radius 2 is 1.63 bits per heavy atom. The van der Waals surface area contributed by atoms with Crippen molar-refractivity contribution in [3.05, 3.63) is 35.9 Å². The van der Waals surface area contributed by atoms with Gasteiger partial charge in [-0.05, 0) is 39.7 Å². The number of fused-ring (bicyclic) bond motifs is 2. The molecule has 4 aliphatic heterocycles. The highest BCUT2D eigenvalue weighted by molar-refractivity contribution is 8.76. The molecule has 1 aromatic rings. The van der Waals surface area contributed by atoms with Crippen LogP contribution in [0.15, 0.2) is 30.3 Å². The van der Waals surface area contributed by atoms with E-state index in [9.17, 15) is 32.4 Å². The van der Waals surface area contributed by atoms with Crippen molar-refractivity contribution in [2.45, 2.75) is 84.9 Å². The summed E-state index contributed by atoms with van der Waals surface area (Å²) >= 11 is 1.44. The van der Waals surface area contributed by atoms with E-state index in [1.807, 2.05) is 19.9 Å². The van der Waals surface area contributed by atoms with Crippen LogP contribution in [0.2, 0.25) is 0 Å². The molecule has 46 heavy (non-hydrogen) atoms. The van der Waals surface area contributed by atoms with Crippen LogP contribution in [-0.4, -0.2) is 111 Å². The van der Waals surface area contributed by atoms with Crippen molar-refractivity contribution < 1.29 is 41.9 Å². The fraction of sp³-hybridized carbons (Fsp3) is 0.621. The number of amides is 3. The Kier molecular flexibility index (Phi) is 10.0. The first-order valence-electron chi connectivity index (χ1n) is 14.8. The standard InChI is InChI=1S/C29H38N4O9S4/c1-28(2)21(33-24(36)20(25(33)45-28)31-23(35)19(30)16-9-6-5-7-10-16)26(37)42-12-14-44-43-13-8-11-41-27(38)22-29(3,4)46(39,40)18-15-17(34)32(18)22/h5-7,9-10,18-22,25H,8,11-15,30H2,1-4H3,(H,31,35)/t18-,19?,20-,21?,22+,25-/m1/s1. The van der Waals surface area contributed by atoms with Crippen LogP contribution < -0.4 is 11.1 Å². The second kappa shape index (κ2) is 13.2. The van der Waals surface area contributed by atoms with E-state index in [1.54, 1.807) is 24.3 Å². The quantitative estimate of drug-likeness (QED) is 0.129. The van der Waals surface area contributed by atoms with E-state index in [0.717, 1.165) is 4.90 Å². The monoisotopic (exact) mass is 714 g/mol. The smallest absolute Gasteiger partial charge is 0.330 e. The van der Waals surface area contributed by atoms with Gasteiger partial charge < -0.3 is 30.3 Å². The summed E-state index contributed by atoms with van der Waals surface area (Å²) in [6.45, 7) is 6.86. The van der Waals surface area contributed by atoms with Gasteiger partial charge in [-0.3, -0.25) is 14.4 Å². The van der Waals surface area contributed by atoms with Gasteiger partial charge in [-0.1, -0.05) is 51.9 Å². The molecule has 1 aromatic carbocycles. The van der Waals surface area contributed by atoms with E-state index >= 15 is 0 Å². The summed E-state index contributed by atoms with van der Waals surface area (Å²) in [6.07, 6.45) is 0.415. The minimum atomic E-state index is -3.66. The minimum Gasteiger partial charge on any atom is -0.464 e. The number of β-lactam (4-membered cyclic amide) rings is 2. The Morgan fingerprint density at radius 3 is 2.30 bits per heavy atom. The molecular formula is C29H38N4O9S4. The molecule has 5 rings (SSSR count). The predicted molar refractivity (Wildman–Crippen MR) is 175 cm³/mol. The highest BCUT2D eigenvalue weighted by Gasteiger charge is 2.68. The summed E-state index contributed by atoms with van der Waals surface area (Å²) < 4.78 is 34.2. The molecule has 0 radical (unpaired) electrons. The minimum absolute atomic E-state index is 0.0831. The summed E-state index contributed by atoms with van der Waals surface area (Å²) in [4.78, 5) is 66.1. The zero-order chi connectivity index (χ0) is 33.6. The third-order valence-electron chi connectivity index (χ3n) is 8.71. The van der Waals surface area contributed by atoms with Gasteiger partial charge in [-0.25, -0.2) is 18.0 Å². The molecule has 3 amide bonds. The molecule has 17 heteroatoms. The van der Waals surface area contributed by atoms with Crippen molar-refractivity contribution in [2.24, 2.45) is 5.73 Å². The summed E-state index contributed by atoms with van der Waals surface area (Å²) in [5, 5.41) is 1.40. The van der Waals surface area contributed by atoms with Crippen LogP contribution in [0.25, 0.3) is 0 Å². The van der Waals surface area contributed by atoms with Gasteiger partial charge in [0.05, 0.1) is 17.8 Å². The third kappa shape index (κ3) is 6.13. The van der Waals surface area contributed by atoms with Crippen LogP contribution in [0.3, 0.4) is 0 Å². The number of nitrogens with zero attached hydrogens (tertiary/aromatic N) is 2. The Bertz CT molecular complexity index is 1510. The predicted octanol–water partition coefficient (Wildman–Crippen LogP) is 1.23. The second-order valence-electron chi connectivity index (χ2n) is 12.5. The van der Waals surface area contributed by atoms with E-state index in [4.69, 9.17) is 15.2 Å². The van der Waals surface area contributed by atoms with Gasteiger partial charge in [-0.15, -0.1) is 11.8 Å². The van der Waals surface area contributed by atoms with Crippen molar-refractivity contribution in [2.75, 3.05) is 24.7 Å². The Hall–Kier alpha value is -2.47. The summed E-state index contributed by atoms with van der Waals surface area (Å²) in [5.41, 5.74) is 6.72. The lowest BCUT2D eigenvalue weighted by molar-refractivity contribution is -0.164. The molecule has 0 spiro atoms. The van der Waals surface area contributed by atoms with Gasteiger partial charge in [0.25, 0.3) is 0 Å². The zero-order valence-corrected chi connectivity index (χ0v) is 29.1. The van der Waals surface area contributed by atoms with Crippen LogP contribution in [0.1, 0.15) is 52.1 Å². The molecule has 13 nitrogen and oxygen atoms in total. The molecule has 4 saturated heterocycles. The number of thioether (sulfide) groups is 1. The Morgan fingerprint density at radius 1 is 1.00 bits per heavy atom. The van der Waals surface area contributed by atoms with Crippen LogP contribution >= 0.6 is 33.3 Å². The van der Waals surface area contributed by atoms with E-state index in [0.29, 0.717) is 23.5 Å². The number of ether oxygens (including phenoxy) is 2. The molecule has 0 aliphatic carbocycles. The average molecular weight is 715 g/mol. The molecule has 4 aliphatic rings. The highest BCUT2D eigenvalue weighted by Crippen LogP contribution is 2.51. The van der Waals surface area contributed by atoms with Gasteiger partial charge in [0.15, 0.2) is 9.84 Å². The van der Waals surface area contributed by atoms with Gasteiger partial charge >= 0.3 is 11.9 Å². The zero-order valence-electron chi connectivity index (χ0n) is 25.9. The van der Waals surface area contributed by atoms with Crippen molar-refractivity contribution in [1.82, 2.24) is 15.1 Å². The van der Waals surface area contributed by atoms with E-state index in [2.05, 4.69) is 5.32 Å². The van der Waals surface area contributed by atoms with Crippen molar-refractivity contribution in [3.63, 3.8) is 0 Å². The maximum atomic E-state index is 13.1. The molecule has 6 atom stereocenters. The maximum absolute atomic E-state index is 13.1. The first-order valence-corrected chi connectivity index (χ1v) is 19.8. The first-order chi connectivity index (χ1) is 21.6. The normalized spacial score (nSPS) is 28.8. The molecule has 4 heterocycles. The number of carbonyl (C=O) groups is 5. The summed E-state index contributed by atoms with van der Waals surface area (Å²) in [6, 6.07) is 5.24. The number of nitrogens with two attached hydrogens (primary N) is 1. The second-order valence-corrected chi connectivity index (χ2v) is 19.6. The fourth-order valence-corrected chi connectivity index (χ4v) is 11.8. The van der Waals surface area contributed by atoms with E-state index in [-0.39, 0.29) is 31.4 Å². The molecule has 252 valence electrons. The number of hydrogen-bond acceptors (Lipinski definition) is 13. The lowest BCUT2D eigenvalue weighted by Gasteiger charge is -2.44. The molecule has 0 aromatic heterocycles. The van der Waals surface area contributed by atoms with Gasteiger partial charge in [0, 0.05) is 16.3 Å². The first kappa shape index (κ1) is 34.9. The van der Waals surface area contributed by atoms with Crippen LogP contribution in [0.5, 0.6) is 0 Å². The van der Waals surface area contributed by atoms with Crippen molar-refractivity contribution in [3.8, 4) is 0 Å². The lowest BCUT2D eigenvalue weighted by Crippen LogP contribution is -2.71. The third-order valence-corrected chi connectivity index (χ3v) is 15.5. The molecule has 0 saturated carbocycles. The molecular weight excluding hydrogens is 677 g/mol. The summed E-state index contributed by atoms with van der Waals surface area (Å²) in [7, 11) is -0.678. The topological polar surface area (TPSA) is 182 Å². The highest BCUT2D eigenvalue weighted by atomic mass is 33.1. The molecule has 4 fully saturated rings. The largest absolute Gasteiger partial charge is 0.464 e. The Balaban J connectivity index is 0.987. The molecule has 0 bridgehead atoms. The van der Waals surface area contributed by atoms with E-state index < -0.39 is 72.1 Å². The van der Waals surface area contributed by atoms with Crippen LogP contribution in [0.4, 0.5) is 0 Å². The number of sulfone groups is 1. The number of rotatable bonds is 13. The Labute approximate surface area is 280 Å². The SMILES string of the molecule is CC1(C)S[C@@H]2[C@H](NC(=O)C(N)c3ccccc3)C(=O)N2C1C(=O)OCCSSCCCOC(=O)[C@@H]1N2C(=O)C[C@H]2S(=O)(=O)C1(C)C. The number of nitrogens with one attached hydrogen (secondary N) is 1. The van der Waals surface area contributed by atoms with Crippen LogP contribution in [-0.2, 0) is 43.3 Å². The number of hydrogen-bond donors (Lipinski definition) is 2. The average Bonchev–Trinajstić information content (AvgIpc) is 3.33. The van der Waals surface area contributed by atoms with Crippen LogP contribution in [0, 0.1) is 0 Å². The fourth-order valence-electron chi connectivity index (χ4n) is 6.13. The molecule has 2 unspecified atom stereocenters. The van der Waals surface area contributed by atoms with Gasteiger partial charge in [-0.2, -0.15) is 0 Å². The number of benzene rings is 1. The van der Waals surface area contributed by atoms with Crippen molar-refractivity contribution >= 4 is 72.8 Å². The summed E-state index contributed by atoms with van der Waals surface area (Å²) in [5.74, 6) is -1.27. The van der Waals surface area contributed by atoms with E-state index in [1.165, 1.54) is 52.1 Å². The maximum Gasteiger partial charge on any atom is 0.330 e. The number of esters is 2. The van der Waals surface area contributed by atoms with Gasteiger partial charge in [0.2, 0.25) is 17.7 Å². The van der Waals surface area contributed by atoms with Gasteiger partial charge in [0.1, 0.15) is 41.5 Å². The number of carbonyl (C=O) groups excluding carboxylic acids is 5. The lowest BCUT2D eigenvalue weighted by atomic mass is 9.95. The van der Waals surface area contributed by atoms with Crippen molar-refractivity contribution in [1.29, 1.82) is 0 Å².